The SMILES string of the molecule is Cc1ccc2c(C)c(CN)sc2c1. The number of benzene rings is 1. The van der Waals surface area contributed by atoms with Crippen LogP contribution in [0.3, 0.4) is 0 Å². The fraction of sp³-hybridized carbons (Fsp3) is 0.273. The summed E-state index contributed by atoms with van der Waals surface area (Å²) in [5.74, 6) is 0. The molecule has 13 heavy (non-hydrogen) atoms. The van der Waals surface area contributed by atoms with Crippen LogP contribution in [-0.2, 0) is 6.54 Å². The summed E-state index contributed by atoms with van der Waals surface area (Å²) in [5.41, 5.74) is 8.33. The van der Waals surface area contributed by atoms with Crippen LogP contribution in [0.2, 0.25) is 0 Å². The molecule has 1 nitrogen and oxygen atoms in total. The zero-order valence-electron chi connectivity index (χ0n) is 7.92. The van der Waals surface area contributed by atoms with E-state index in [0.29, 0.717) is 6.54 Å². The number of nitrogens with two attached hydrogens (primary N) is 1. The Morgan fingerprint density at radius 1 is 1.31 bits per heavy atom. The Kier molecular flexibility index (Phi) is 2.10. The van der Waals surface area contributed by atoms with Crippen molar-refractivity contribution in [3.05, 3.63) is 34.2 Å². The summed E-state index contributed by atoms with van der Waals surface area (Å²) in [7, 11) is 0. The molecule has 0 aliphatic carbocycles. The average molecular weight is 191 g/mol. The molecule has 2 N–H and O–H groups in total. The monoisotopic (exact) mass is 191 g/mol. The number of hydrogen-bond donors (Lipinski definition) is 1. The van der Waals surface area contributed by atoms with Crippen molar-refractivity contribution in [3.8, 4) is 0 Å². The first-order valence-electron chi connectivity index (χ1n) is 4.41. The Bertz CT molecular complexity index is 443. The second-order valence-corrected chi connectivity index (χ2v) is 4.49. The molecule has 2 heteroatoms. The highest BCUT2D eigenvalue weighted by atomic mass is 32.1. The number of fused-ring (bicyclic) bond motifs is 1. The van der Waals surface area contributed by atoms with Crippen LogP contribution in [0.1, 0.15) is 16.0 Å². The van der Waals surface area contributed by atoms with E-state index in [4.69, 9.17) is 5.73 Å². The van der Waals surface area contributed by atoms with Gasteiger partial charge in [-0.3, -0.25) is 0 Å². The van der Waals surface area contributed by atoms with Gasteiger partial charge in [0.1, 0.15) is 0 Å². The molecular formula is C11H13NS. The number of aryl methyl sites for hydroxylation is 2. The molecule has 0 amide bonds. The lowest BCUT2D eigenvalue weighted by Crippen LogP contribution is -1.93. The largest absolute Gasteiger partial charge is 0.326 e. The Balaban J connectivity index is 2.76. The van der Waals surface area contributed by atoms with E-state index in [-0.39, 0.29) is 0 Å². The third kappa shape index (κ3) is 1.36. The van der Waals surface area contributed by atoms with Gasteiger partial charge in [-0.1, -0.05) is 12.1 Å². The van der Waals surface area contributed by atoms with Gasteiger partial charge in [-0.2, -0.15) is 0 Å². The maximum Gasteiger partial charge on any atom is 0.0351 e. The summed E-state index contributed by atoms with van der Waals surface area (Å²) in [6.45, 7) is 4.93. The van der Waals surface area contributed by atoms with Crippen LogP contribution < -0.4 is 5.73 Å². The summed E-state index contributed by atoms with van der Waals surface area (Å²) in [6.07, 6.45) is 0. The Morgan fingerprint density at radius 3 is 2.77 bits per heavy atom. The van der Waals surface area contributed by atoms with E-state index in [1.54, 1.807) is 0 Å². The van der Waals surface area contributed by atoms with Gasteiger partial charge in [-0.05, 0) is 36.4 Å². The van der Waals surface area contributed by atoms with Gasteiger partial charge in [0.15, 0.2) is 0 Å². The molecule has 0 radical (unpaired) electrons. The molecule has 2 aromatic rings. The summed E-state index contributed by atoms with van der Waals surface area (Å²) in [4.78, 5) is 1.31. The lowest BCUT2D eigenvalue weighted by molar-refractivity contribution is 1.09. The molecule has 0 unspecified atom stereocenters. The maximum atomic E-state index is 5.66. The van der Waals surface area contributed by atoms with Crippen molar-refractivity contribution < 1.29 is 0 Å². The standard InChI is InChI=1S/C11H13NS/c1-7-3-4-9-8(2)11(6-12)13-10(9)5-7/h3-5H,6,12H2,1-2H3. The van der Waals surface area contributed by atoms with Crippen LogP contribution in [0.5, 0.6) is 0 Å². The Hall–Kier alpha value is -0.860. The molecule has 1 aromatic heterocycles. The van der Waals surface area contributed by atoms with E-state index < -0.39 is 0 Å². The second kappa shape index (κ2) is 3.13. The Labute approximate surface area is 82.2 Å². The molecule has 68 valence electrons. The molecule has 0 bridgehead atoms. The average Bonchev–Trinajstić information content (AvgIpc) is 2.42. The van der Waals surface area contributed by atoms with Gasteiger partial charge in [0.25, 0.3) is 0 Å². The van der Waals surface area contributed by atoms with Crippen molar-refractivity contribution >= 4 is 21.4 Å². The lowest BCUT2D eigenvalue weighted by atomic mass is 10.1. The highest BCUT2D eigenvalue weighted by molar-refractivity contribution is 7.19. The van der Waals surface area contributed by atoms with Crippen molar-refractivity contribution in [2.45, 2.75) is 20.4 Å². The lowest BCUT2D eigenvalue weighted by Gasteiger charge is -1.93. The minimum Gasteiger partial charge on any atom is -0.326 e. The number of rotatable bonds is 1. The predicted molar refractivity (Wildman–Crippen MR) is 59.2 cm³/mol. The minimum absolute atomic E-state index is 0.657. The first-order chi connectivity index (χ1) is 6.22. The van der Waals surface area contributed by atoms with E-state index in [1.165, 1.54) is 26.1 Å². The molecule has 0 aliphatic heterocycles. The summed E-state index contributed by atoms with van der Waals surface area (Å²) in [5, 5.41) is 1.36. The molecule has 0 saturated carbocycles. The van der Waals surface area contributed by atoms with E-state index in [1.807, 2.05) is 11.3 Å². The third-order valence-electron chi connectivity index (χ3n) is 2.38. The van der Waals surface area contributed by atoms with E-state index in [9.17, 15) is 0 Å². The van der Waals surface area contributed by atoms with E-state index in [2.05, 4.69) is 32.0 Å². The molecule has 0 spiro atoms. The fourth-order valence-electron chi connectivity index (χ4n) is 1.58. The van der Waals surface area contributed by atoms with E-state index in [0.717, 1.165) is 0 Å². The third-order valence-corrected chi connectivity index (χ3v) is 3.65. The summed E-state index contributed by atoms with van der Waals surface area (Å²) >= 11 is 1.81. The Morgan fingerprint density at radius 2 is 2.08 bits per heavy atom. The van der Waals surface area contributed by atoms with Gasteiger partial charge in [0.2, 0.25) is 0 Å². The van der Waals surface area contributed by atoms with Gasteiger partial charge in [-0.25, -0.2) is 0 Å². The van der Waals surface area contributed by atoms with Crippen LogP contribution >= 0.6 is 11.3 Å². The quantitative estimate of drug-likeness (QED) is 0.736. The molecule has 1 aromatic carbocycles. The second-order valence-electron chi connectivity index (χ2n) is 3.35. The molecule has 1 heterocycles. The predicted octanol–water partition coefficient (Wildman–Crippen LogP) is 2.98. The number of thiophene rings is 1. The summed E-state index contributed by atoms with van der Waals surface area (Å²) in [6, 6.07) is 6.57. The first-order valence-corrected chi connectivity index (χ1v) is 5.22. The van der Waals surface area contributed by atoms with Crippen LogP contribution in [0.4, 0.5) is 0 Å². The highest BCUT2D eigenvalue weighted by Gasteiger charge is 2.05. The molecule has 0 atom stereocenters. The first kappa shape index (κ1) is 8.73. The van der Waals surface area contributed by atoms with Gasteiger partial charge in [0.05, 0.1) is 0 Å². The van der Waals surface area contributed by atoms with Crippen molar-refractivity contribution in [1.82, 2.24) is 0 Å². The molecule has 2 rings (SSSR count). The van der Waals surface area contributed by atoms with E-state index >= 15 is 0 Å². The minimum atomic E-state index is 0.657. The van der Waals surface area contributed by atoms with Crippen LogP contribution in [0.25, 0.3) is 10.1 Å². The molecule has 0 aliphatic rings. The zero-order chi connectivity index (χ0) is 9.42. The van der Waals surface area contributed by atoms with Crippen molar-refractivity contribution in [2.75, 3.05) is 0 Å². The summed E-state index contributed by atoms with van der Waals surface area (Å²) < 4.78 is 1.36. The van der Waals surface area contributed by atoms with Crippen LogP contribution in [-0.4, -0.2) is 0 Å². The fourth-order valence-corrected chi connectivity index (χ4v) is 2.77. The van der Waals surface area contributed by atoms with Gasteiger partial charge in [0, 0.05) is 16.1 Å². The van der Waals surface area contributed by atoms with Crippen LogP contribution in [0, 0.1) is 13.8 Å². The van der Waals surface area contributed by atoms with Crippen LogP contribution in [0.15, 0.2) is 18.2 Å². The molecular weight excluding hydrogens is 178 g/mol. The van der Waals surface area contributed by atoms with Gasteiger partial charge < -0.3 is 5.73 Å². The maximum absolute atomic E-state index is 5.66. The molecule has 0 fully saturated rings. The van der Waals surface area contributed by atoms with Crippen molar-refractivity contribution in [1.29, 1.82) is 0 Å². The molecule has 0 saturated heterocycles. The smallest absolute Gasteiger partial charge is 0.0351 e. The van der Waals surface area contributed by atoms with Crippen molar-refractivity contribution in [2.24, 2.45) is 5.73 Å². The topological polar surface area (TPSA) is 26.0 Å². The highest BCUT2D eigenvalue weighted by Crippen LogP contribution is 2.30. The number of hydrogen-bond acceptors (Lipinski definition) is 2. The van der Waals surface area contributed by atoms with Crippen molar-refractivity contribution in [3.63, 3.8) is 0 Å². The van der Waals surface area contributed by atoms with Gasteiger partial charge in [-0.15, -0.1) is 11.3 Å². The normalized spacial score (nSPS) is 11.0. The van der Waals surface area contributed by atoms with Gasteiger partial charge >= 0.3 is 0 Å². The zero-order valence-corrected chi connectivity index (χ0v) is 8.74.